The molecule has 0 spiro atoms. The number of benzene rings is 1. The van der Waals surface area contributed by atoms with Crippen LogP contribution in [0.1, 0.15) is 29.5 Å². The van der Waals surface area contributed by atoms with E-state index in [4.69, 9.17) is 5.11 Å². The Morgan fingerprint density at radius 3 is 2.23 bits per heavy atom. The predicted octanol–water partition coefficient (Wildman–Crippen LogP) is 3.81. The highest BCUT2D eigenvalue weighted by atomic mass is 19.4. The Labute approximate surface area is 143 Å². The van der Waals surface area contributed by atoms with Crippen LogP contribution in [0, 0.1) is 0 Å². The quantitative estimate of drug-likeness (QED) is 0.640. The highest BCUT2D eigenvalue weighted by Crippen LogP contribution is 2.43. The van der Waals surface area contributed by atoms with Gasteiger partial charge in [-0.3, -0.25) is 4.79 Å². The van der Waals surface area contributed by atoms with Gasteiger partial charge in [0.1, 0.15) is 6.04 Å². The lowest BCUT2D eigenvalue weighted by Crippen LogP contribution is -2.40. The number of hydrogen-bond donors (Lipinski definition) is 1. The molecule has 26 heavy (non-hydrogen) atoms. The van der Waals surface area contributed by atoms with Crippen LogP contribution in [-0.2, 0) is 21.9 Å². The zero-order valence-corrected chi connectivity index (χ0v) is 13.1. The summed E-state index contributed by atoms with van der Waals surface area (Å²) in [6.07, 6.45) is -10.3. The Bertz CT molecular complexity index is 753. The van der Waals surface area contributed by atoms with Crippen molar-refractivity contribution in [3.8, 4) is 0 Å². The summed E-state index contributed by atoms with van der Waals surface area (Å²) in [6.45, 7) is 3.18. The number of nitrogens with zero attached hydrogens (tertiary/aromatic N) is 1. The highest BCUT2D eigenvalue weighted by molar-refractivity contribution is 6.20. The first kappa shape index (κ1) is 19.8. The van der Waals surface area contributed by atoms with Gasteiger partial charge in [-0.05, 0) is 24.5 Å². The number of aliphatic carboxylic acids is 1. The van der Waals surface area contributed by atoms with Crippen LogP contribution in [0.25, 0.3) is 5.57 Å². The Balaban J connectivity index is 2.53. The zero-order valence-electron chi connectivity index (χ0n) is 13.1. The average molecular weight is 381 g/mol. The summed E-state index contributed by atoms with van der Waals surface area (Å²) < 4.78 is 78.8. The molecule has 0 radical (unpaired) electrons. The molecule has 1 fully saturated rings. The molecule has 1 saturated heterocycles. The van der Waals surface area contributed by atoms with Crippen LogP contribution < -0.4 is 0 Å². The van der Waals surface area contributed by atoms with E-state index in [1.54, 1.807) is 0 Å². The van der Waals surface area contributed by atoms with E-state index in [1.165, 1.54) is 0 Å². The van der Waals surface area contributed by atoms with Crippen LogP contribution in [-0.4, -0.2) is 34.5 Å². The van der Waals surface area contributed by atoms with Crippen molar-refractivity contribution < 1.29 is 41.0 Å². The molecule has 1 heterocycles. The van der Waals surface area contributed by atoms with Crippen LogP contribution in [0.3, 0.4) is 0 Å². The van der Waals surface area contributed by atoms with Crippen molar-refractivity contribution in [3.63, 3.8) is 0 Å². The molecular formula is C16H13F6NO3. The van der Waals surface area contributed by atoms with Crippen molar-refractivity contribution in [2.24, 2.45) is 0 Å². The molecule has 1 unspecified atom stereocenters. The van der Waals surface area contributed by atoms with Gasteiger partial charge in [-0.1, -0.05) is 18.7 Å². The van der Waals surface area contributed by atoms with E-state index in [0.29, 0.717) is 12.5 Å². The highest BCUT2D eigenvalue weighted by Gasteiger charge is 2.46. The second-order valence-electron chi connectivity index (χ2n) is 5.70. The molecule has 2 rings (SSSR count). The third-order valence-electron chi connectivity index (χ3n) is 4.04. The normalized spacial score (nSPS) is 18.1. The SMILES string of the molecule is C=C(C(=O)N1CCCC1C(=O)O)c1cccc(C(F)(F)F)c1C(F)(F)F. The van der Waals surface area contributed by atoms with E-state index in [1.807, 2.05) is 0 Å². The van der Waals surface area contributed by atoms with Gasteiger partial charge in [-0.25, -0.2) is 4.79 Å². The Morgan fingerprint density at radius 1 is 1.12 bits per heavy atom. The summed E-state index contributed by atoms with van der Waals surface area (Å²) in [5.74, 6) is -2.48. The van der Waals surface area contributed by atoms with Crippen LogP contribution in [0.4, 0.5) is 26.3 Å². The van der Waals surface area contributed by atoms with Gasteiger partial charge in [0.15, 0.2) is 0 Å². The van der Waals surface area contributed by atoms with E-state index >= 15 is 0 Å². The van der Waals surface area contributed by atoms with Gasteiger partial charge in [0.05, 0.1) is 11.1 Å². The lowest BCUT2D eigenvalue weighted by molar-refractivity contribution is -0.162. The minimum Gasteiger partial charge on any atom is -0.480 e. The third kappa shape index (κ3) is 3.68. The predicted molar refractivity (Wildman–Crippen MR) is 77.9 cm³/mol. The maximum absolute atomic E-state index is 13.3. The fourth-order valence-corrected chi connectivity index (χ4v) is 2.90. The van der Waals surface area contributed by atoms with Crippen molar-refractivity contribution in [1.29, 1.82) is 0 Å². The number of hydrogen-bond acceptors (Lipinski definition) is 2. The van der Waals surface area contributed by atoms with Crippen molar-refractivity contribution >= 4 is 17.4 Å². The maximum atomic E-state index is 13.3. The van der Waals surface area contributed by atoms with Gasteiger partial charge in [-0.15, -0.1) is 0 Å². The second kappa shape index (κ2) is 6.65. The summed E-state index contributed by atoms with van der Waals surface area (Å²) in [6, 6.07) is 0.466. The van der Waals surface area contributed by atoms with Gasteiger partial charge in [0.25, 0.3) is 5.91 Å². The summed E-state index contributed by atoms with van der Waals surface area (Å²) in [7, 11) is 0. The molecule has 0 aromatic heterocycles. The minimum atomic E-state index is -5.39. The lowest BCUT2D eigenvalue weighted by Gasteiger charge is -2.25. The topological polar surface area (TPSA) is 57.6 Å². The van der Waals surface area contributed by atoms with Crippen molar-refractivity contribution in [2.75, 3.05) is 6.54 Å². The third-order valence-corrected chi connectivity index (χ3v) is 4.04. The largest absolute Gasteiger partial charge is 0.480 e. The van der Waals surface area contributed by atoms with Crippen molar-refractivity contribution in [2.45, 2.75) is 31.2 Å². The van der Waals surface area contributed by atoms with Gasteiger partial charge in [0.2, 0.25) is 0 Å². The first-order valence-corrected chi connectivity index (χ1v) is 7.36. The summed E-state index contributed by atoms with van der Waals surface area (Å²) in [5, 5.41) is 9.07. The first-order chi connectivity index (χ1) is 11.9. The number of carboxylic acids is 1. The molecule has 0 saturated carbocycles. The molecule has 1 amide bonds. The van der Waals surface area contributed by atoms with E-state index < -0.39 is 52.5 Å². The molecule has 10 heteroatoms. The van der Waals surface area contributed by atoms with E-state index in [9.17, 15) is 35.9 Å². The van der Waals surface area contributed by atoms with Crippen LogP contribution in [0.15, 0.2) is 24.8 Å². The molecule has 4 nitrogen and oxygen atoms in total. The minimum absolute atomic E-state index is 0.0326. The number of carbonyl (C=O) groups excluding carboxylic acids is 1. The van der Waals surface area contributed by atoms with Crippen LogP contribution >= 0.6 is 0 Å². The maximum Gasteiger partial charge on any atom is 0.417 e. The molecule has 1 aliphatic heterocycles. The monoisotopic (exact) mass is 381 g/mol. The number of halogens is 6. The number of carboxylic acid groups (broad SMARTS) is 1. The number of carbonyl (C=O) groups is 2. The fourth-order valence-electron chi connectivity index (χ4n) is 2.90. The van der Waals surface area contributed by atoms with Gasteiger partial charge >= 0.3 is 18.3 Å². The average Bonchev–Trinajstić information content (AvgIpc) is 3.00. The molecule has 1 N–H and O–H groups in total. The molecule has 0 aliphatic carbocycles. The Morgan fingerprint density at radius 2 is 1.73 bits per heavy atom. The number of alkyl halides is 6. The number of amides is 1. The summed E-state index contributed by atoms with van der Waals surface area (Å²) >= 11 is 0. The van der Waals surface area contributed by atoms with Gasteiger partial charge < -0.3 is 10.0 Å². The number of rotatable bonds is 3. The fraction of sp³-hybridized carbons (Fsp3) is 0.375. The van der Waals surface area contributed by atoms with Crippen LogP contribution in [0.5, 0.6) is 0 Å². The molecule has 1 aromatic carbocycles. The molecular weight excluding hydrogens is 368 g/mol. The smallest absolute Gasteiger partial charge is 0.417 e. The number of likely N-dealkylation sites (tertiary alicyclic amines) is 1. The molecule has 1 aromatic rings. The van der Waals surface area contributed by atoms with Crippen LogP contribution in [0.2, 0.25) is 0 Å². The molecule has 142 valence electrons. The first-order valence-electron chi connectivity index (χ1n) is 7.36. The standard InChI is InChI=1S/C16H13F6NO3/c1-8(13(24)23-7-3-6-11(23)14(25)26)9-4-2-5-10(15(17,18)19)12(9)16(20,21)22/h2,4-5,11H,1,3,6-7H2,(H,25,26). The lowest BCUT2D eigenvalue weighted by atomic mass is 9.94. The summed E-state index contributed by atoms with van der Waals surface area (Å²) in [4.78, 5) is 24.4. The van der Waals surface area contributed by atoms with E-state index in [-0.39, 0.29) is 19.0 Å². The van der Waals surface area contributed by atoms with E-state index in [2.05, 4.69) is 6.58 Å². The Hall–Kier alpha value is -2.52. The molecule has 0 bridgehead atoms. The summed E-state index contributed by atoms with van der Waals surface area (Å²) in [5.41, 5.74) is -5.81. The van der Waals surface area contributed by atoms with Gasteiger partial charge in [-0.2, -0.15) is 26.3 Å². The Kier molecular flexibility index (Phi) is 5.07. The second-order valence-corrected chi connectivity index (χ2v) is 5.70. The zero-order chi connectivity index (χ0) is 19.9. The van der Waals surface area contributed by atoms with Crippen molar-refractivity contribution in [3.05, 3.63) is 41.5 Å². The van der Waals surface area contributed by atoms with E-state index in [0.717, 1.165) is 11.0 Å². The van der Waals surface area contributed by atoms with Crippen molar-refractivity contribution in [1.82, 2.24) is 4.90 Å². The van der Waals surface area contributed by atoms with Gasteiger partial charge in [0, 0.05) is 12.1 Å². The molecule has 1 atom stereocenters. The molecule has 1 aliphatic rings.